The quantitative estimate of drug-likeness (QED) is 0.142. The van der Waals surface area contributed by atoms with Crippen LogP contribution in [-0.4, -0.2) is 8.07 Å². The predicted molar refractivity (Wildman–Crippen MR) is 183 cm³/mol. The van der Waals surface area contributed by atoms with E-state index >= 15 is 0 Å². The fourth-order valence-corrected chi connectivity index (χ4v) is 7.81. The number of hydrogen-bond acceptors (Lipinski definition) is 0. The van der Waals surface area contributed by atoms with Crippen molar-refractivity contribution in [3.8, 4) is 0 Å². The van der Waals surface area contributed by atoms with Gasteiger partial charge in [-0.05, 0) is 0 Å². The maximum atomic E-state index is 3.72. The van der Waals surface area contributed by atoms with E-state index in [4.69, 9.17) is 0 Å². The Morgan fingerprint density at radius 3 is 1.36 bits per heavy atom. The third kappa shape index (κ3) is 11.9. The number of fused-ring (bicyclic) bond motifs is 1. The Morgan fingerprint density at radius 2 is 0.976 bits per heavy atom. The van der Waals surface area contributed by atoms with Crippen LogP contribution in [0.25, 0.3) is 0 Å². The van der Waals surface area contributed by atoms with Gasteiger partial charge in [0.2, 0.25) is 0 Å². The molecule has 0 nitrogen and oxygen atoms in total. The molecule has 0 unspecified atom stereocenters. The maximum Gasteiger partial charge on any atom is 4.00 e. The van der Waals surface area contributed by atoms with Gasteiger partial charge in [-0.25, -0.2) is 6.07 Å². The third-order valence-corrected chi connectivity index (χ3v) is 10.6. The Hall–Kier alpha value is -3.23. The molecule has 1 aliphatic carbocycles. The molecular formula is C40H46SiTi. The molecule has 0 saturated heterocycles. The molecule has 0 saturated carbocycles. The van der Waals surface area contributed by atoms with Crippen LogP contribution in [0.15, 0.2) is 127 Å². The van der Waals surface area contributed by atoms with Crippen LogP contribution in [0.2, 0.25) is 13.1 Å². The van der Waals surface area contributed by atoms with E-state index in [1.165, 1.54) is 31.7 Å². The van der Waals surface area contributed by atoms with Crippen molar-refractivity contribution in [3.05, 3.63) is 187 Å². The third-order valence-electron chi connectivity index (χ3n) is 7.44. The summed E-state index contributed by atoms with van der Waals surface area (Å²) in [4.78, 5) is 0. The van der Waals surface area contributed by atoms with Crippen molar-refractivity contribution in [1.29, 1.82) is 0 Å². The van der Waals surface area contributed by atoms with Gasteiger partial charge in [0.05, 0.1) is 8.07 Å². The van der Waals surface area contributed by atoms with Gasteiger partial charge in [-0.1, -0.05) is 105 Å². The van der Waals surface area contributed by atoms with Gasteiger partial charge in [0.15, 0.2) is 0 Å². The topological polar surface area (TPSA) is 0 Å². The summed E-state index contributed by atoms with van der Waals surface area (Å²) >= 11 is 0. The molecule has 0 atom stereocenters. The summed E-state index contributed by atoms with van der Waals surface area (Å²) in [7, 11) is -1.37. The zero-order valence-electron chi connectivity index (χ0n) is 25.8. The minimum atomic E-state index is -1.37. The average molecular weight is 603 g/mol. The number of benzene rings is 4. The second-order valence-electron chi connectivity index (χ2n) is 11.4. The summed E-state index contributed by atoms with van der Waals surface area (Å²) in [6.07, 6.45) is 5.40. The number of rotatable bonds is 3. The van der Waals surface area contributed by atoms with Crippen molar-refractivity contribution in [1.82, 2.24) is 0 Å². The van der Waals surface area contributed by atoms with Crippen molar-refractivity contribution >= 4 is 13.3 Å². The van der Waals surface area contributed by atoms with Crippen LogP contribution in [0.5, 0.6) is 0 Å². The Kier molecular flexibility index (Phi) is 15.3. The SMILES string of the molecule is Cc1cc2c([c-]1C[Si](C)(C)c1ccccc1)CCCC2.[CH2-]c1ccccc1.[CH2-]c1ccccc1.[CH2-]c1ccccc1.[Ti+4]. The van der Waals surface area contributed by atoms with Gasteiger partial charge in [0.25, 0.3) is 0 Å². The summed E-state index contributed by atoms with van der Waals surface area (Å²) in [5.41, 5.74) is 9.83. The first kappa shape index (κ1) is 35.0. The molecule has 0 aliphatic heterocycles. The van der Waals surface area contributed by atoms with Gasteiger partial charge in [-0.3, -0.25) is 0 Å². The van der Waals surface area contributed by atoms with Gasteiger partial charge in [-0.15, -0.1) is 36.4 Å². The van der Waals surface area contributed by atoms with E-state index in [0.29, 0.717) is 0 Å². The molecule has 0 fully saturated rings. The first-order valence-corrected chi connectivity index (χ1v) is 17.9. The van der Waals surface area contributed by atoms with E-state index in [2.05, 4.69) is 77.2 Å². The van der Waals surface area contributed by atoms with E-state index in [1.54, 1.807) is 27.4 Å². The first-order chi connectivity index (χ1) is 19.8. The minimum absolute atomic E-state index is 0. The second kappa shape index (κ2) is 18.3. The molecule has 5 aromatic rings. The van der Waals surface area contributed by atoms with Crippen molar-refractivity contribution < 1.29 is 21.7 Å². The van der Waals surface area contributed by atoms with Gasteiger partial charge in [0, 0.05) is 0 Å². The second-order valence-corrected chi connectivity index (χ2v) is 16.1. The van der Waals surface area contributed by atoms with Crippen LogP contribution < -0.4 is 5.19 Å². The van der Waals surface area contributed by atoms with E-state index in [9.17, 15) is 0 Å². The van der Waals surface area contributed by atoms with Gasteiger partial charge in [-0.2, -0.15) is 96.1 Å². The van der Waals surface area contributed by atoms with E-state index in [1.807, 2.05) is 91.0 Å². The molecular weight excluding hydrogens is 556 g/mol. The zero-order valence-corrected chi connectivity index (χ0v) is 28.3. The maximum absolute atomic E-state index is 3.72. The molecule has 6 rings (SSSR count). The van der Waals surface area contributed by atoms with Crippen LogP contribution in [0.4, 0.5) is 0 Å². The molecule has 0 bridgehead atoms. The Bertz CT molecular complexity index is 1300. The van der Waals surface area contributed by atoms with Crippen molar-refractivity contribution in [2.45, 2.75) is 51.7 Å². The van der Waals surface area contributed by atoms with Crippen LogP contribution in [0.1, 0.15) is 51.8 Å². The summed E-state index contributed by atoms with van der Waals surface area (Å²) in [6.45, 7) is 18.5. The Morgan fingerprint density at radius 1 is 0.595 bits per heavy atom. The standard InChI is InChI=1S/C19H25Si.3C7H7.Ti/c1-15-13-16-9-7-8-12-18(16)19(15)14-20(2,3)17-10-5-4-6-11-17;3*1-7-5-3-2-4-6-7;/h4-6,10-11,13H,7-9,12,14H2,1-3H3;3*2-6H,1H2;/q4*-1;+4. The van der Waals surface area contributed by atoms with Crippen LogP contribution in [-0.2, 0) is 40.6 Å². The normalized spacial score (nSPS) is 11.5. The van der Waals surface area contributed by atoms with E-state index < -0.39 is 8.07 Å². The molecule has 1 aliphatic rings. The molecule has 0 aromatic heterocycles. The van der Waals surface area contributed by atoms with Crippen molar-refractivity contribution in [2.75, 3.05) is 0 Å². The molecule has 0 heterocycles. The zero-order chi connectivity index (χ0) is 29.5. The van der Waals surface area contributed by atoms with Crippen LogP contribution in [0.3, 0.4) is 0 Å². The number of hydrogen-bond donors (Lipinski definition) is 0. The van der Waals surface area contributed by atoms with E-state index in [0.717, 1.165) is 16.7 Å². The summed E-state index contributed by atoms with van der Waals surface area (Å²) < 4.78 is 0. The monoisotopic (exact) mass is 602 g/mol. The number of aryl methyl sites for hydroxylation is 2. The van der Waals surface area contributed by atoms with Gasteiger partial charge in [0.1, 0.15) is 0 Å². The molecule has 42 heavy (non-hydrogen) atoms. The molecule has 0 radical (unpaired) electrons. The van der Waals surface area contributed by atoms with Crippen LogP contribution >= 0.6 is 0 Å². The van der Waals surface area contributed by atoms with Crippen molar-refractivity contribution in [3.63, 3.8) is 0 Å². The van der Waals surface area contributed by atoms with Gasteiger partial charge < -0.3 is 0 Å². The summed E-state index contributed by atoms with van der Waals surface area (Å²) in [6, 6.07) is 44.6. The molecule has 2 heteroatoms. The summed E-state index contributed by atoms with van der Waals surface area (Å²) in [5, 5.41) is 1.59. The fourth-order valence-electron chi connectivity index (χ4n) is 5.13. The first-order valence-electron chi connectivity index (χ1n) is 14.7. The van der Waals surface area contributed by atoms with Gasteiger partial charge >= 0.3 is 21.7 Å². The molecule has 0 N–H and O–H groups in total. The minimum Gasteiger partial charge on any atom is -0.207 e. The smallest absolute Gasteiger partial charge is 0.207 e. The largest absolute Gasteiger partial charge is 4.00 e. The van der Waals surface area contributed by atoms with Crippen LogP contribution in [0, 0.1) is 27.7 Å². The Balaban J connectivity index is 0.000000229. The molecule has 214 valence electrons. The predicted octanol–water partition coefficient (Wildman–Crippen LogP) is 9.89. The van der Waals surface area contributed by atoms with E-state index in [-0.39, 0.29) is 21.7 Å². The van der Waals surface area contributed by atoms with Crippen molar-refractivity contribution in [2.24, 2.45) is 0 Å². The molecule has 5 aromatic carbocycles. The molecule has 0 amide bonds. The average Bonchev–Trinajstić information content (AvgIpc) is 3.30. The summed E-state index contributed by atoms with van der Waals surface area (Å²) in [5.74, 6) is 0. The Labute approximate surface area is 272 Å². The fraction of sp³-hybridized carbons (Fsp3) is 0.200. The molecule has 0 spiro atoms.